The Hall–Kier alpha value is -1.76. The van der Waals surface area contributed by atoms with Gasteiger partial charge in [0.25, 0.3) is 0 Å². The molecule has 0 amide bonds. The summed E-state index contributed by atoms with van der Waals surface area (Å²) in [6.45, 7) is 0. The summed E-state index contributed by atoms with van der Waals surface area (Å²) < 4.78 is 13.2. The molecule has 0 aliphatic carbocycles. The molecule has 4 aromatic carbocycles. The molecule has 0 fully saturated rings. The topological polar surface area (TPSA) is 23.1 Å². The Bertz CT molecular complexity index is 1330. The van der Waals surface area contributed by atoms with Gasteiger partial charge >= 0.3 is 0 Å². The van der Waals surface area contributed by atoms with E-state index in [-0.39, 0.29) is 10.9 Å². The molecule has 156 valence electrons. The largest absolute Gasteiger partial charge is 0.606 e. The van der Waals surface area contributed by atoms with Crippen LogP contribution >= 0.6 is 33.6 Å². The Balaban J connectivity index is 1.43. The molecule has 3 unspecified atom stereocenters. The van der Waals surface area contributed by atoms with Crippen molar-refractivity contribution in [2.24, 2.45) is 0 Å². The van der Waals surface area contributed by atoms with Gasteiger partial charge in [-0.1, -0.05) is 42.1 Å². The molecule has 4 aromatic rings. The summed E-state index contributed by atoms with van der Waals surface area (Å²) in [7, 11) is -0.858. The second-order valence-electron chi connectivity index (χ2n) is 7.79. The minimum Gasteiger partial charge on any atom is -0.606 e. The van der Waals surface area contributed by atoms with Crippen molar-refractivity contribution in [2.75, 3.05) is 12.5 Å². The van der Waals surface area contributed by atoms with Crippen LogP contribution in [0.3, 0.4) is 0 Å². The van der Waals surface area contributed by atoms with Gasteiger partial charge in [-0.05, 0) is 78.2 Å². The molecule has 6 rings (SSSR count). The first kappa shape index (κ1) is 19.9. The van der Waals surface area contributed by atoms with Gasteiger partial charge in [-0.2, -0.15) is 10.9 Å². The zero-order chi connectivity index (χ0) is 21.1. The lowest BCUT2D eigenvalue weighted by atomic mass is 10.1. The molecule has 3 atom stereocenters. The van der Waals surface area contributed by atoms with Crippen LogP contribution in [0.4, 0.5) is 0 Å². The highest BCUT2D eigenvalue weighted by Gasteiger charge is 2.31. The van der Waals surface area contributed by atoms with Gasteiger partial charge in [0.1, 0.15) is 0 Å². The molecule has 0 spiro atoms. The summed E-state index contributed by atoms with van der Waals surface area (Å²) in [5.41, 5.74) is 2.48. The van der Waals surface area contributed by atoms with Gasteiger partial charge < -0.3 is 4.55 Å². The number of hydrogen-bond donors (Lipinski definition) is 2. The molecule has 0 radical (unpaired) electrons. The lowest BCUT2D eigenvalue weighted by Crippen LogP contribution is -2.12. The SMILES string of the molecule is C[SH]1c2ccccc2Sc2ccc(-c3ccc4c(c3)[SH](C)c3ccccc3[S+]4[O-])cc21. The zero-order valence-corrected chi connectivity index (χ0v) is 20.6. The number of hydrogen-bond acceptors (Lipinski definition) is 2. The molecular formula is C26H22OS4. The molecule has 0 saturated carbocycles. The van der Waals surface area contributed by atoms with E-state index in [2.05, 4.69) is 85.3 Å². The summed E-state index contributed by atoms with van der Waals surface area (Å²) in [5.74, 6) is 0. The molecule has 0 bridgehead atoms. The fourth-order valence-corrected chi connectivity index (χ4v) is 12.2. The highest BCUT2D eigenvalue weighted by molar-refractivity contribution is 8.18. The maximum Gasteiger partial charge on any atom is 0.170 e. The maximum atomic E-state index is 13.2. The molecule has 0 N–H and O–H groups in total. The molecule has 2 heterocycles. The van der Waals surface area contributed by atoms with E-state index in [9.17, 15) is 4.55 Å². The summed E-state index contributed by atoms with van der Waals surface area (Å²) in [4.78, 5) is 10.2. The summed E-state index contributed by atoms with van der Waals surface area (Å²) >= 11 is 0.793. The van der Waals surface area contributed by atoms with Crippen LogP contribution in [0.5, 0.6) is 0 Å². The Labute approximate surface area is 196 Å². The van der Waals surface area contributed by atoms with Crippen LogP contribution in [0, 0.1) is 0 Å². The number of fused-ring (bicyclic) bond motifs is 4. The van der Waals surface area contributed by atoms with E-state index in [1.807, 2.05) is 23.9 Å². The van der Waals surface area contributed by atoms with Gasteiger partial charge in [0, 0.05) is 40.5 Å². The molecule has 2 aliphatic heterocycles. The molecule has 5 heteroatoms. The fraction of sp³-hybridized carbons (Fsp3) is 0.0769. The van der Waals surface area contributed by atoms with Crippen LogP contribution in [0.25, 0.3) is 11.1 Å². The van der Waals surface area contributed by atoms with E-state index in [4.69, 9.17) is 0 Å². The number of rotatable bonds is 1. The Kier molecular flexibility index (Phi) is 4.93. The Morgan fingerprint density at radius 3 is 2.03 bits per heavy atom. The first-order valence-corrected chi connectivity index (χ1v) is 15.7. The second-order valence-corrected chi connectivity index (χ2v) is 14.5. The van der Waals surface area contributed by atoms with E-state index in [0.717, 1.165) is 9.79 Å². The second kappa shape index (κ2) is 7.68. The van der Waals surface area contributed by atoms with Gasteiger partial charge in [-0.25, -0.2) is 10.9 Å². The predicted octanol–water partition coefficient (Wildman–Crippen LogP) is 7.40. The zero-order valence-electron chi connectivity index (χ0n) is 17.2. The fourth-order valence-electron chi connectivity index (χ4n) is 4.37. The van der Waals surface area contributed by atoms with Crippen molar-refractivity contribution >= 4 is 44.7 Å². The lowest BCUT2D eigenvalue weighted by Gasteiger charge is -2.30. The lowest BCUT2D eigenvalue weighted by molar-refractivity contribution is 0.589. The minimum atomic E-state index is -1.09. The Morgan fingerprint density at radius 1 is 0.613 bits per heavy atom. The highest BCUT2D eigenvalue weighted by Crippen LogP contribution is 2.57. The third-order valence-corrected chi connectivity index (χ3v) is 13.7. The monoisotopic (exact) mass is 478 g/mol. The quantitative estimate of drug-likeness (QED) is 0.220. The van der Waals surface area contributed by atoms with E-state index >= 15 is 0 Å². The highest BCUT2D eigenvalue weighted by atomic mass is 32.2. The average Bonchev–Trinajstić information content (AvgIpc) is 2.82. The molecule has 2 aliphatic rings. The van der Waals surface area contributed by atoms with Crippen molar-refractivity contribution in [3.8, 4) is 11.1 Å². The maximum absolute atomic E-state index is 13.2. The van der Waals surface area contributed by atoms with E-state index in [1.54, 1.807) is 0 Å². The third kappa shape index (κ3) is 3.18. The van der Waals surface area contributed by atoms with Crippen LogP contribution in [0.2, 0.25) is 0 Å². The smallest absolute Gasteiger partial charge is 0.170 e. The summed E-state index contributed by atoms with van der Waals surface area (Å²) in [6.07, 6.45) is 4.66. The molecule has 1 nitrogen and oxygen atoms in total. The summed E-state index contributed by atoms with van der Waals surface area (Å²) in [6, 6.07) is 30.5. The first-order valence-electron chi connectivity index (χ1n) is 10.2. The van der Waals surface area contributed by atoms with Gasteiger partial charge in [0.05, 0.1) is 0 Å². The molecule has 0 aromatic heterocycles. The van der Waals surface area contributed by atoms with E-state index in [1.165, 1.54) is 40.5 Å². The molecular weight excluding hydrogens is 457 g/mol. The van der Waals surface area contributed by atoms with Crippen molar-refractivity contribution in [3.63, 3.8) is 0 Å². The number of benzene rings is 4. The van der Waals surface area contributed by atoms with Gasteiger partial charge in [0.2, 0.25) is 0 Å². The van der Waals surface area contributed by atoms with Gasteiger partial charge in [0.15, 0.2) is 9.79 Å². The van der Waals surface area contributed by atoms with Crippen molar-refractivity contribution in [1.29, 1.82) is 0 Å². The van der Waals surface area contributed by atoms with Crippen LogP contribution in [-0.2, 0) is 11.2 Å². The normalized spacial score (nSPS) is 23.3. The average molecular weight is 479 g/mol. The van der Waals surface area contributed by atoms with Crippen LogP contribution < -0.4 is 0 Å². The van der Waals surface area contributed by atoms with Crippen LogP contribution in [0.1, 0.15) is 0 Å². The van der Waals surface area contributed by atoms with Crippen molar-refractivity contribution in [2.45, 2.75) is 39.2 Å². The first-order chi connectivity index (χ1) is 15.1. The van der Waals surface area contributed by atoms with Gasteiger partial charge in [-0.15, -0.1) is 0 Å². The molecule has 31 heavy (non-hydrogen) atoms. The number of thiol groups is 2. The third-order valence-electron chi connectivity index (χ3n) is 6.05. The Morgan fingerprint density at radius 2 is 1.19 bits per heavy atom. The van der Waals surface area contributed by atoms with Crippen molar-refractivity contribution < 1.29 is 4.55 Å². The van der Waals surface area contributed by atoms with Crippen molar-refractivity contribution in [1.82, 2.24) is 0 Å². The van der Waals surface area contributed by atoms with E-state index < -0.39 is 22.1 Å². The van der Waals surface area contributed by atoms with Crippen LogP contribution in [0.15, 0.2) is 124 Å². The standard InChI is InChI=1S/C26H22OS4/c1-29-21-8-4-3-7-19(21)28-20-13-11-17(15-25(20)29)18-12-14-24-26(16-18)30(2)22-9-5-6-10-23(22)31(24)27/h3-16,29-30H,1-2H3. The molecule has 0 saturated heterocycles. The summed E-state index contributed by atoms with van der Waals surface area (Å²) in [5, 5.41) is 0. The minimum absolute atomic E-state index is 0.355. The predicted molar refractivity (Wildman–Crippen MR) is 136 cm³/mol. The van der Waals surface area contributed by atoms with E-state index in [0.29, 0.717) is 0 Å². The van der Waals surface area contributed by atoms with Crippen LogP contribution in [-0.4, -0.2) is 17.1 Å². The van der Waals surface area contributed by atoms with Crippen molar-refractivity contribution in [3.05, 3.63) is 84.9 Å². The van der Waals surface area contributed by atoms with Gasteiger partial charge in [-0.3, -0.25) is 0 Å².